The lowest BCUT2D eigenvalue weighted by Crippen LogP contribution is -2.29. The predicted octanol–water partition coefficient (Wildman–Crippen LogP) is 1.99. The molecule has 0 bridgehead atoms. The Morgan fingerprint density at radius 3 is 2.71 bits per heavy atom. The number of nitrogens with two attached hydrogens (primary N) is 1. The fraction of sp³-hybridized carbons (Fsp3) is 0.923. The first-order valence-electron chi connectivity index (χ1n) is 6.74. The summed E-state index contributed by atoms with van der Waals surface area (Å²) in [5.74, 6) is 6.52. The highest BCUT2D eigenvalue weighted by atomic mass is 16.5. The zero-order valence-electron chi connectivity index (χ0n) is 11.1. The lowest BCUT2D eigenvalue weighted by Gasteiger charge is -2.31. The van der Waals surface area contributed by atoms with Crippen molar-refractivity contribution in [3.05, 3.63) is 0 Å². The Morgan fingerprint density at radius 1 is 1.29 bits per heavy atom. The molecule has 1 aliphatic carbocycles. The lowest BCUT2D eigenvalue weighted by atomic mass is 9.80. The number of hydrazine groups is 1. The fourth-order valence-electron chi connectivity index (χ4n) is 2.36. The van der Waals surface area contributed by atoms with Crippen LogP contribution < -0.4 is 11.3 Å². The summed E-state index contributed by atoms with van der Waals surface area (Å²) in [7, 11) is 0. The lowest BCUT2D eigenvalue weighted by molar-refractivity contribution is -0.121. The number of rotatable bonds is 6. The smallest absolute Gasteiger partial charge is 0.233 e. The number of hydrogen-bond donors (Lipinski definition) is 2. The van der Waals surface area contributed by atoms with Crippen LogP contribution in [-0.2, 0) is 9.53 Å². The summed E-state index contributed by atoms with van der Waals surface area (Å²) in [6.45, 7) is 5.40. The molecule has 0 saturated heterocycles. The molecule has 0 heterocycles. The minimum absolute atomic E-state index is 0.0925. The first-order valence-corrected chi connectivity index (χ1v) is 6.74. The first kappa shape index (κ1) is 14.5. The molecule has 4 nitrogen and oxygen atoms in total. The maximum absolute atomic E-state index is 10.9. The standard InChI is InChI=1S/C13H26N2O2/c1-10-6-7-12(9-11(10)2)17-8-4-3-5-13(16)15-14/h10-12H,3-9,14H2,1-2H3,(H,15,16). The summed E-state index contributed by atoms with van der Waals surface area (Å²) in [5, 5.41) is 0. The quantitative estimate of drug-likeness (QED) is 0.324. The van der Waals surface area contributed by atoms with Crippen LogP contribution in [0, 0.1) is 11.8 Å². The average Bonchev–Trinajstić information content (AvgIpc) is 2.33. The first-order chi connectivity index (χ1) is 8.13. The van der Waals surface area contributed by atoms with Crippen molar-refractivity contribution in [1.29, 1.82) is 0 Å². The van der Waals surface area contributed by atoms with E-state index in [4.69, 9.17) is 10.6 Å². The molecule has 0 spiro atoms. The molecule has 0 aromatic carbocycles. The van der Waals surface area contributed by atoms with Crippen molar-refractivity contribution in [1.82, 2.24) is 5.43 Å². The number of ether oxygens (including phenoxy) is 1. The molecule has 1 fully saturated rings. The van der Waals surface area contributed by atoms with Gasteiger partial charge in [0.25, 0.3) is 0 Å². The van der Waals surface area contributed by atoms with Gasteiger partial charge in [-0.3, -0.25) is 10.2 Å². The third kappa shape index (κ3) is 5.50. The fourth-order valence-corrected chi connectivity index (χ4v) is 2.36. The molecule has 1 amide bonds. The van der Waals surface area contributed by atoms with Crippen molar-refractivity contribution in [2.75, 3.05) is 6.61 Å². The van der Waals surface area contributed by atoms with E-state index in [0.717, 1.165) is 31.3 Å². The molecular formula is C13H26N2O2. The highest BCUT2D eigenvalue weighted by Gasteiger charge is 2.24. The number of carbonyl (C=O) groups is 1. The Bertz CT molecular complexity index is 233. The van der Waals surface area contributed by atoms with Crippen LogP contribution in [0.4, 0.5) is 0 Å². The molecule has 0 radical (unpaired) electrons. The molecule has 17 heavy (non-hydrogen) atoms. The van der Waals surface area contributed by atoms with E-state index in [9.17, 15) is 4.79 Å². The van der Waals surface area contributed by atoms with Crippen LogP contribution in [-0.4, -0.2) is 18.6 Å². The SMILES string of the molecule is CC1CCC(OCCCCC(=O)NN)CC1C. The number of amides is 1. The van der Waals surface area contributed by atoms with Gasteiger partial charge < -0.3 is 4.74 Å². The highest BCUT2D eigenvalue weighted by Crippen LogP contribution is 2.30. The van der Waals surface area contributed by atoms with Gasteiger partial charge in [0.15, 0.2) is 0 Å². The largest absolute Gasteiger partial charge is 0.378 e. The molecular weight excluding hydrogens is 216 g/mol. The van der Waals surface area contributed by atoms with Gasteiger partial charge in [-0.15, -0.1) is 0 Å². The van der Waals surface area contributed by atoms with Crippen molar-refractivity contribution in [2.24, 2.45) is 17.7 Å². The second-order valence-corrected chi connectivity index (χ2v) is 5.29. The van der Waals surface area contributed by atoms with Crippen LogP contribution in [0.1, 0.15) is 52.4 Å². The van der Waals surface area contributed by atoms with Gasteiger partial charge in [-0.25, -0.2) is 5.84 Å². The summed E-state index contributed by atoms with van der Waals surface area (Å²) < 4.78 is 5.85. The number of nitrogens with one attached hydrogen (secondary N) is 1. The van der Waals surface area contributed by atoms with Crippen molar-refractivity contribution in [3.8, 4) is 0 Å². The molecule has 1 rings (SSSR count). The molecule has 100 valence electrons. The van der Waals surface area contributed by atoms with E-state index in [1.165, 1.54) is 19.3 Å². The molecule has 3 atom stereocenters. The predicted molar refractivity (Wildman–Crippen MR) is 68.1 cm³/mol. The van der Waals surface area contributed by atoms with Gasteiger partial charge in [-0.1, -0.05) is 13.8 Å². The summed E-state index contributed by atoms with van der Waals surface area (Å²) in [4.78, 5) is 10.9. The molecule has 0 aromatic rings. The second-order valence-electron chi connectivity index (χ2n) is 5.29. The normalized spacial score (nSPS) is 29.0. The minimum Gasteiger partial charge on any atom is -0.378 e. The van der Waals surface area contributed by atoms with Crippen LogP contribution in [0.15, 0.2) is 0 Å². The molecule has 3 unspecified atom stereocenters. The van der Waals surface area contributed by atoms with Crippen molar-refractivity contribution >= 4 is 5.91 Å². The zero-order valence-corrected chi connectivity index (χ0v) is 11.1. The molecule has 4 heteroatoms. The van der Waals surface area contributed by atoms with Gasteiger partial charge in [-0.2, -0.15) is 0 Å². The Kier molecular flexibility index (Phi) is 6.52. The van der Waals surface area contributed by atoms with Crippen molar-refractivity contribution < 1.29 is 9.53 Å². The number of hydrogen-bond acceptors (Lipinski definition) is 3. The number of unbranched alkanes of at least 4 members (excludes halogenated alkanes) is 1. The topological polar surface area (TPSA) is 64.3 Å². The van der Waals surface area contributed by atoms with E-state index in [1.807, 2.05) is 0 Å². The monoisotopic (exact) mass is 242 g/mol. The molecule has 1 aliphatic rings. The summed E-state index contributed by atoms with van der Waals surface area (Å²) in [5.41, 5.74) is 2.14. The second kappa shape index (κ2) is 7.67. The van der Waals surface area contributed by atoms with E-state index < -0.39 is 0 Å². The van der Waals surface area contributed by atoms with Gasteiger partial charge in [0.05, 0.1) is 6.10 Å². The Labute approximate surface area is 104 Å². The van der Waals surface area contributed by atoms with E-state index >= 15 is 0 Å². The third-order valence-electron chi connectivity index (χ3n) is 3.86. The van der Waals surface area contributed by atoms with E-state index in [1.54, 1.807) is 0 Å². The van der Waals surface area contributed by atoms with Gasteiger partial charge in [-0.05, 0) is 43.9 Å². The van der Waals surface area contributed by atoms with Crippen molar-refractivity contribution in [3.63, 3.8) is 0 Å². The van der Waals surface area contributed by atoms with E-state index in [-0.39, 0.29) is 5.91 Å². The molecule has 0 aromatic heterocycles. The van der Waals surface area contributed by atoms with Gasteiger partial charge in [0.1, 0.15) is 0 Å². The Hall–Kier alpha value is -0.610. The molecule has 0 aliphatic heterocycles. The van der Waals surface area contributed by atoms with Crippen LogP contribution in [0.25, 0.3) is 0 Å². The van der Waals surface area contributed by atoms with Crippen LogP contribution in [0.3, 0.4) is 0 Å². The number of carbonyl (C=O) groups excluding carboxylic acids is 1. The van der Waals surface area contributed by atoms with E-state index in [0.29, 0.717) is 12.5 Å². The van der Waals surface area contributed by atoms with Crippen LogP contribution in [0.2, 0.25) is 0 Å². The maximum Gasteiger partial charge on any atom is 0.233 e. The molecule has 3 N–H and O–H groups in total. The van der Waals surface area contributed by atoms with Gasteiger partial charge >= 0.3 is 0 Å². The van der Waals surface area contributed by atoms with Gasteiger partial charge in [0.2, 0.25) is 5.91 Å². The minimum atomic E-state index is -0.0925. The van der Waals surface area contributed by atoms with Gasteiger partial charge in [0, 0.05) is 13.0 Å². The average molecular weight is 242 g/mol. The van der Waals surface area contributed by atoms with Crippen LogP contribution in [0.5, 0.6) is 0 Å². The Morgan fingerprint density at radius 2 is 2.06 bits per heavy atom. The Balaban J connectivity index is 2.01. The maximum atomic E-state index is 10.9. The van der Waals surface area contributed by atoms with Crippen LogP contribution >= 0.6 is 0 Å². The highest BCUT2D eigenvalue weighted by molar-refractivity contribution is 5.74. The zero-order chi connectivity index (χ0) is 12.7. The van der Waals surface area contributed by atoms with Crippen molar-refractivity contribution in [2.45, 2.75) is 58.5 Å². The summed E-state index contributed by atoms with van der Waals surface area (Å²) in [6, 6.07) is 0. The summed E-state index contributed by atoms with van der Waals surface area (Å²) in [6.07, 6.45) is 6.37. The van der Waals surface area contributed by atoms with E-state index in [2.05, 4.69) is 19.3 Å². The molecule has 1 saturated carbocycles. The third-order valence-corrected chi connectivity index (χ3v) is 3.86. The summed E-state index contributed by atoms with van der Waals surface area (Å²) >= 11 is 0.